The zero-order valence-corrected chi connectivity index (χ0v) is 13.9. The number of anilines is 1. The minimum atomic E-state index is -0.543. The van der Waals surface area contributed by atoms with Crippen LogP contribution in [0.25, 0.3) is 6.08 Å². The second-order valence-corrected chi connectivity index (χ2v) is 4.88. The molecule has 0 aliphatic carbocycles. The molecule has 0 saturated carbocycles. The molecule has 0 atom stereocenters. The zero-order valence-electron chi connectivity index (χ0n) is 13.9. The minimum Gasteiger partial charge on any atom is -0.493 e. The lowest BCUT2D eigenvalue weighted by molar-refractivity contribution is -0.117. The number of methoxy groups -OCH3 is 2. The fourth-order valence-corrected chi connectivity index (χ4v) is 1.97. The van der Waals surface area contributed by atoms with Crippen molar-refractivity contribution in [3.05, 3.63) is 60.2 Å². The van der Waals surface area contributed by atoms with E-state index < -0.39 is 11.9 Å². The first-order valence-corrected chi connectivity index (χ1v) is 7.44. The SMILES string of the molecule is COc1ccc(C=CC(=O)NNC(=O)Nc2ccccc2)cc1OC. The highest BCUT2D eigenvalue weighted by Gasteiger charge is 2.04. The average molecular weight is 341 g/mol. The first-order valence-electron chi connectivity index (χ1n) is 7.44. The summed E-state index contributed by atoms with van der Waals surface area (Å²) >= 11 is 0. The second kappa shape index (κ2) is 8.97. The number of rotatable bonds is 5. The van der Waals surface area contributed by atoms with Crippen molar-refractivity contribution in [1.29, 1.82) is 0 Å². The molecule has 0 heterocycles. The van der Waals surface area contributed by atoms with Gasteiger partial charge in [0.2, 0.25) is 0 Å². The quantitative estimate of drug-likeness (QED) is 0.576. The Labute approximate surface area is 145 Å². The van der Waals surface area contributed by atoms with Gasteiger partial charge >= 0.3 is 6.03 Å². The normalized spacial score (nSPS) is 10.2. The molecule has 2 aromatic carbocycles. The van der Waals surface area contributed by atoms with Crippen LogP contribution in [-0.4, -0.2) is 26.2 Å². The number of ether oxygens (including phenoxy) is 2. The van der Waals surface area contributed by atoms with Crippen molar-refractivity contribution in [3.8, 4) is 11.5 Å². The van der Waals surface area contributed by atoms with Crippen LogP contribution in [-0.2, 0) is 4.79 Å². The van der Waals surface area contributed by atoms with E-state index in [-0.39, 0.29) is 0 Å². The molecule has 25 heavy (non-hydrogen) atoms. The summed E-state index contributed by atoms with van der Waals surface area (Å²) in [4.78, 5) is 23.4. The van der Waals surface area contributed by atoms with Crippen molar-refractivity contribution in [3.63, 3.8) is 0 Å². The van der Waals surface area contributed by atoms with E-state index in [1.807, 2.05) is 6.07 Å². The molecule has 0 saturated heterocycles. The molecule has 3 amide bonds. The Morgan fingerprint density at radius 3 is 2.32 bits per heavy atom. The van der Waals surface area contributed by atoms with Crippen molar-refractivity contribution in [2.45, 2.75) is 0 Å². The van der Waals surface area contributed by atoms with E-state index in [0.29, 0.717) is 17.2 Å². The fraction of sp³-hybridized carbons (Fsp3) is 0.111. The predicted molar refractivity (Wildman–Crippen MR) is 95.3 cm³/mol. The Bertz CT molecular complexity index is 760. The Hall–Kier alpha value is -3.48. The van der Waals surface area contributed by atoms with Crippen LogP contribution in [0.5, 0.6) is 11.5 Å². The van der Waals surface area contributed by atoms with E-state index >= 15 is 0 Å². The third-order valence-corrected chi connectivity index (χ3v) is 3.17. The molecule has 7 heteroatoms. The maximum atomic E-state index is 11.8. The molecular weight excluding hydrogens is 322 g/mol. The number of carbonyl (C=O) groups excluding carboxylic acids is 2. The highest BCUT2D eigenvalue weighted by molar-refractivity contribution is 5.95. The van der Waals surface area contributed by atoms with Crippen LogP contribution in [0.3, 0.4) is 0 Å². The van der Waals surface area contributed by atoms with Gasteiger partial charge in [0.25, 0.3) is 5.91 Å². The van der Waals surface area contributed by atoms with Gasteiger partial charge in [-0.05, 0) is 35.9 Å². The van der Waals surface area contributed by atoms with Crippen molar-refractivity contribution >= 4 is 23.7 Å². The molecule has 0 spiro atoms. The molecule has 0 aliphatic heterocycles. The van der Waals surface area contributed by atoms with E-state index in [9.17, 15) is 9.59 Å². The zero-order chi connectivity index (χ0) is 18.1. The van der Waals surface area contributed by atoms with Gasteiger partial charge in [-0.25, -0.2) is 10.2 Å². The Morgan fingerprint density at radius 1 is 0.920 bits per heavy atom. The fourth-order valence-electron chi connectivity index (χ4n) is 1.97. The number of hydrogen-bond acceptors (Lipinski definition) is 4. The first-order chi connectivity index (χ1) is 12.1. The van der Waals surface area contributed by atoms with Gasteiger partial charge in [-0.1, -0.05) is 24.3 Å². The van der Waals surface area contributed by atoms with Gasteiger partial charge in [-0.2, -0.15) is 0 Å². The Balaban J connectivity index is 1.85. The monoisotopic (exact) mass is 341 g/mol. The topological polar surface area (TPSA) is 88.7 Å². The molecule has 2 rings (SSSR count). The first kappa shape index (κ1) is 17.9. The molecule has 0 unspecified atom stereocenters. The summed E-state index contributed by atoms with van der Waals surface area (Å²) in [5, 5.41) is 2.58. The maximum Gasteiger partial charge on any atom is 0.337 e. The van der Waals surface area contributed by atoms with E-state index in [1.165, 1.54) is 13.2 Å². The Morgan fingerprint density at radius 2 is 1.64 bits per heavy atom. The van der Waals surface area contributed by atoms with Crippen molar-refractivity contribution in [1.82, 2.24) is 10.9 Å². The molecule has 0 bridgehead atoms. The third kappa shape index (κ3) is 5.58. The number of para-hydroxylation sites is 1. The lowest BCUT2D eigenvalue weighted by Crippen LogP contribution is -2.43. The summed E-state index contributed by atoms with van der Waals surface area (Å²) < 4.78 is 10.3. The van der Waals surface area contributed by atoms with Gasteiger partial charge in [0.05, 0.1) is 14.2 Å². The van der Waals surface area contributed by atoms with Crippen LogP contribution in [0.15, 0.2) is 54.6 Å². The molecule has 3 N–H and O–H groups in total. The number of nitrogens with one attached hydrogen (secondary N) is 3. The smallest absolute Gasteiger partial charge is 0.337 e. The van der Waals surface area contributed by atoms with Gasteiger partial charge < -0.3 is 14.8 Å². The summed E-state index contributed by atoms with van der Waals surface area (Å²) in [6.45, 7) is 0. The van der Waals surface area contributed by atoms with Crippen molar-refractivity contribution < 1.29 is 19.1 Å². The maximum absolute atomic E-state index is 11.8. The predicted octanol–water partition coefficient (Wildman–Crippen LogP) is 2.57. The lowest BCUT2D eigenvalue weighted by atomic mass is 10.2. The summed E-state index contributed by atoms with van der Waals surface area (Å²) in [5.41, 5.74) is 5.91. The van der Waals surface area contributed by atoms with Crippen LogP contribution in [0.2, 0.25) is 0 Å². The molecule has 0 aliphatic rings. The minimum absolute atomic E-state index is 0.474. The molecule has 0 aromatic heterocycles. The highest BCUT2D eigenvalue weighted by Crippen LogP contribution is 2.27. The number of benzene rings is 2. The van der Waals surface area contributed by atoms with Gasteiger partial charge in [0.1, 0.15) is 0 Å². The summed E-state index contributed by atoms with van der Waals surface area (Å²) in [6, 6.07) is 13.6. The summed E-state index contributed by atoms with van der Waals surface area (Å²) in [5.74, 6) is 0.687. The van der Waals surface area contributed by atoms with Crippen molar-refractivity contribution in [2.75, 3.05) is 19.5 Å². The Kier molecular flexibility index (Phi) is 6.41. The standard InChI is InChI=1S/C18H19N3O4/c1-24-15-10-8-13(12-16(15)25-2)9-11-17(22)20-21-18(23)19-14-6-4-3-5-7-14/h3-12H,1-2H3,(H,20,22)(H2,19,21,23). The van der Waals surface area contributed by atoms with E-state index in [2.05, 4.69) is 16.2 Å². The molecular formula is C18H19N3O4. The second-order valence-electron chi connectivity index (χ2n) is 4.88. The molecule has 2 aromatic rings. The molecule has 7 nitrogen and oxygen atoms in total. The van der Waals surface area contributed by atoms with Gasteiger partial charge in [-0.15, -0.1) is 0 Å². The largest absolute Gasteiger partial charge is 0.493 e. The van der Waals surface area contributed by atoms with E-state index in [4.69, 9.17) is 9.47 Å². The summed E-state index contributed by atoms with van der Waals surface area (Å²) in [6.07, 6.45) is 2.89. The molecule has 0 fully saturated rings. The van der Waals surface area contributed by atoms with Crippen LogP contribution < -0.4 is 25.6 Å². The van der Waals surface area contributed by atoms with Gasteiger partial charge in [0.15, 0.2) is 11.5 Å². The number of urea groups is 1. The van der Waals surface area contributed by atoms with Gasteiger partial charge in [-0.3, -0.25) is 10.2 Å². The summed E-state index contributed by atoms with van der Waals surface area (Å²) in [7, 11) is 3.08. The number of amides is 3. The van der Waals surface area contributed by atoms with Gasteiger partial charge in [0, 0.05) is 11.8 Å². The van der Waals surface area contributed by atoms with Crippen LogP contribution >= 0.6 is 0 Å². The molecule has 130 valence electrons. The molecule has 0 radical (unpaired) electrons. The number of hydrogen-bond donors (Lipinski definition) is 3. The lowest BCUT2D eigenvalue weighted by Gasteiger charge is -2.08. The number of carbonyl (C=O) groups is 2. The number of hydrazine groups is 1. The van der Waals surface area contributed by atoms with Crippen LogP contribution in [0.1, 0.15) is 5.56 Å². The van der Waals surface area contributed by atoms with Crippen LogP contribution in [0.4, 0.5) is 10.5 Å². The van der Waals surface area contributed by atoms with E-state index in [1.54, 1.807) is 55.7 Å². The van der Waals surface area contributed by atoms with Crippen molar-refractivity contribution in [2.24, 2.45) is 0 Å². The van der Waals surface area contributed by atoms with Crippen LogP contribution in [0, 0.1) is 0 Å². The highest BCUT2D eigenvalue weighted by atomic mass is 16.5. The third-order valence-electron chi connectivity index (χ3n) is 3.17. The van der Waals surface area contributed by atoms with E-state index in [0.717, 1.165) is 5.56 Å². The average Bonchev–Trinajstić information content (AvgIpc) is 2.65.